The molecule has 0 aliphatic heterocycles. The molecule has 0 aromatic carbocycles. The summed E-state index contributed by atoms with van der Waals surface area (Å²) in [7, 11) is 0. The Labute approximate surface area is 105 Å². The molecule has 0 amide bonds. The average Bonchev–Trinajstić information content (AvgIpc) is 2.78. The number of hydrogen-bond acceptors (Lipinski definition) is 5. The van der Waals surface area contributed by atoms with Gasteiger partial charge in [-0.25, -0.2) is 4.98 Å². The smallest absolute Gasteiger partial charge is 0.150 e. The van der Waals surface area contributed by atoms with Crippen molar-refractivity contribution in [1.29, 1.82) is 0 Å². The third kappa shape index (κ3) is 2.94. The third-order valence-corrected chi connectivity index (χ3v) is 3.33. The molecule has 2 aromatic heterocycles. The molecule has 0 unspecified atom stereocenters. The molecule has 0 spiro atoms. The van der Waals surface area contributed by atoms with Crippen LogP contribution in [0.1, 0.15) is 18.7 Å². The van der Waals surface area contributed by atoms with Gasteiger partial charge in [0.2, 0.25) is 0 Å². The molecule has 0 aliphatic carbocycles. The molecule has 2 rings (SSSR count). The van der Waals surface area contributed by atoms with Crippen LogP contribution >= 0.6 is 11.3 Å². The predicted molar refractivity (Wildman–Crippen MR) is 72.1 cm³/mol. The first-order valence-electron chi connectivity index (χ1n) is 5.53. The van der Waals surface area contributed by atoms with E-state index in [0.717, 1.165) is 12.4 Å². The topological polar surface area (TPSA) is 55.0 Å². The van der Waals surface area contributed by atoms with Gasteiger partial charge in [0.15, 0.2) is 0 Å². The van der Waals surface area contributed by atoms with E-state index in [2.05, 4.69) is 46.2 Å². The van der Waals surface area contributed by atoms with Crippen LogP contribution in [0.2, 0.25) is 0 Å². The summed E-state index contributed by atoms with van der Waals surface area (Å²) >= 11 is 1.75. The van der Waals surface area contributed by atoms with Gasteiger partial charge in [-0.1, -0.05) is 6.07 Å². The number of hydrogen-bond donors (Lipinski definition) is 1. The van der Waals surface area contributed by atoms with Crippen molar-refractivity contribution in [3.05, 3.63) is 34.8 Å². The highest BCUT2D eigenvalue weighted by Gasteiger charge is 2.13. The molecular formula is C12H16N4S. The standard InChI is InChI=1S/C12H16N4S/c1-9(2)16(8-10-4-3-5-17-10)12-7-14-6-11(13)15-12/h3-7,9H,8H2,1-2H3,(H2,13,15). The zero-order valence-electron chi connectivity index (χ0n) is 10.00. The van der Waals surface area contributed by atoms with E-state index in [0.29, 0.717) is 11.9 Å². The second kappa shape index (κ2) is 5.14. The van der Waals surface area contributed by atoms with E-state index in [4.69, 9.17) is 5.73 Å². The van der Waals surface area contributed by atoms with Gasteiger partial charge >= 0.3 is 0 Å². The van der Waals surface area contributed by atoms with Gasteiger partial charge in [-0.3, -0.25) is 4.98 Å². The van der Waals surface area contributed by atoms with Crippen molar-refractivity contribution in [2.45, 2.75) is 26.4 Å². The molecule has 0 fully saturated rings. The van der Waals surface area contributed by atoms with Crippen molar-refractivity contribution in [2.24, 2.45) is 0 Å². The summed E-state index contributed by atoms with van der Waals surface area (Å²) in [5.74, 6) is 1.28. The van der Waals surface area contributed by atoms with Crippen molar-refractivity contribution in [3.8, 4) is 0 Å². The monoisotopic (exact) mass is 248 g/mol. The van der Waals surface area contributed by atoms with Crippen molar-refractivity contribution in [3.63, 3.8) is 0 Å². The highest BCUT2D eigenvalue weighted by Crippen LogP contribution is 2.20. The van der Waals surface area contributed by atoms with Gasteiger partial charge < -0.3 is 10.6 Å². The van der Waals surface area contributed by atoms with Gasteiger partial charge in [0, 0.05) is 10.9 Å². The van der Waals surface area contributed by atoms with Crippen molar-refractivity contribution < 1.29 is 0 Å². The molecule has 5 heteroatoms. The van der Waals surface area contributed by atoms with Crippen molar-refractivity contribution >= 4 is 23.0 Å². The van der Waals surface area contributed by atoms with Crippen molar-refractivity contribution in [2.75, 3.05) is 10.6 Å². The minimum atomic E-state index is 0.355. The Balaban J connectivity index is 2.23. The van der Waals surface area contributed by atoms with Crippen LogP contribution in [0.4, 0.5) is 11.6 Å². The Bertz CT molecular complexity index is 467. The maximum absolute atomic E-state index is 5.67. The Morgan fingerprint density at radius 1 is 1.41 bits per heavy atom. The number of aromatic nitrogens is 2. The first-order chi connectivity index (χ1) is 8.16. The van der Waals surface area contributed by atoms with E-state index in [-0.39, 0.29) is 0 Å². The first-order valence-corrected chi connectivity index (χ1v) is 6.41. The zero-order chi connectivity index (χ0) is 12.3. The fourth-order valence-corrected chi connectivity index (χ4v) is 2.31. The molecule has 4 nitrogen and oxygen atoms in total. The molecule has 90 valence electrons. The van der Waals surface area contributed by atoms with Crippen LogP contribution in [0.5, 0.6) is 0 Å². The minimum absolute atomic E-state index is 0.355. The second-order valence-corrected chi connectivity index (χ2v) is 5.14. The largest absolute Gasteiger partial charge is 0.382 e. The molecule has 2 heterocycles. The zero-order valence-corrected chi connectivity index (χ0v) is 10.8. The SMILES string of the molecule is CC(C)N(Cc1cccs1)c1cncc(N)n1. The molecule has 0 atom stereocenters. The van der Waals surface area contributed by atoms with Gasteiger partial charge in [-0.05, 0) is 25.3 Å². The summed E-state index contributed by atoms with van der Waals surface area (Å²) in [6.07, 6.45) is 3.32. The van der Waals surface area contributed by atoms with Crippen LogP contribution in [0.25, 0.3) is 0 Å². The number of rotatable bonds is 4. The molecule has 0 aliphatic rings. The molecule has 17 heavy (non-hydrogen) atoms. The highest BCUT2D eigenvalue weighted by atomic mass is 32.1. The fourth-order valence-electron chi connectivity index (χ4n) is 1.61. The van der Waals surface area contributed by atoms with Gasteiger partial charge in [0.1, 0.15) is 11.6 Å². The summed E-state index contributed by atoms with van der Waals surface area (Å²) in [6, 6.07) is 4.54. The molecule has 0 bridgehead atoms. The van der Waals surface area contributed by atoms with Crippen LogP contribution < -0.4 is 10.6 Å². The second-order valence-electron chi connectivity index (χ2n) is 4.10. The van der Waals surface area contributed by atoms with Gasteiger partial charge in [0.05, 0.1) is 18.9 Å². The van der Waals surface area contributed by atoms with E-state index in [1.165, 1.54) is 4.88 Å². The fraction of sp³-hybridized carbons (Fsp3) is 0.333. The van der Waals surface area contributed by atoms with Crippen molar-refractivity contribution in [1.82, 2.24) is 9.97 Å². The number of nitrogen functional groups attached to an aromatic ring is 1. The van der Waals surface area contributed by atoms with E-state index in [1.54, 1.807) is 23.7 Å². The Kier molecular flexibility index (Phi) is 3.58. The van der Waals surface area contributed by atoms with Gasteiger partial charge in [-0.15, -0.1) is 11.3 Å². The lowest BCUT2D eigenvalue weighted by atomic mass is 10.3. The Morgan fingerprint density at radius 3 is 2.82 bits per heavy atom. The summed E-state index contributed by atoms with van der Waals surface area (Å²) < 4.78 is 0. The molecule has 0 saturated heterocycles. The molecular weight excluding hydrogens is 232 g/mol. The summed E-state index contributed by atoms with van der Waals surface area (Å²) in [5.41, 5.74) is 5.67. The van der Waals surface area contributed by atoms with Gasteiger partial charge in [0.25, 0.3) is 0 Å². The van der Waals surface area contributed by atoms with E-state index >= 15 is 0 Å². The predicted octanol–water partition coefficient (Wildman–Crippen LogP) is 2.54. The van der Waals surface area contributed by atoms with Crippen LogP contribution in [-0.4, -0.2) is 16.0 Å². The summed E-state index contributed by atoms with van der Waals surface area (Å²) in [4.78, 5) is 11.9. The van der Waals surface area contributed by atoms with Crippen LogP contribution in [0.15, 0.2) is 29.9 Å². The van der Waals surface area contributed by atoms with Crippen LogP contribution in [-0.2, 0) is 6.54 Å². The lowest BCUT2D eigenvalue weighted by Gasteiger charge is -2.27. The van der Waals surface area contributed by atoms with Crippen LogP contribution in [0, 0.1) is 0 Å². The number of thiophene rings is 1. The first kappa shape index (κ1) is 11.9. The highest BCUT2D eigenvalue weighted by molar-refractivity contribution is 7.09. The van der Waals surface area contributed by atoms with Gasteiger partial charge in [-0.2, -0.15) is 0 Å². The molecule has 2 N–H and O–H groups in total. The molecule has 2 aromatic rings. The molecule has 0 saturated carbocycles. The lowest BCUT2D eigenvalue weighted by molar-refractivity contribution is 0.675. The summed E-state index contributed by atoms with van der Waals surface area (Å²) in [5, 5.41) is 2.08. The lowest BCUT2D eigenvalue weighted by Crippen LogP contribution is -2.30. The minimum Gasteiger partial charge on any atom is -0.382 e. The Hall–Kier alpha value is -1.62. The van der Waals surface area contributed by atoms with E-state index < -0.39 is 0 Å². The number of nitrogens with two attached hydrogens (primary N) is 1. The quantitative estimate of drug-likeness (QED) is 0.903. The maximum Gasteiger partial charge on any atom is 0.150 e. The maximum atomic E-state index is 5.67. The molecule has 0 radical (unpaired) electrons. The summed E-state index contributed by atoms with van der Waals surface area (Å²) in [6.45, 7) is 5.12. The average molecular weight is 248 g/mol. The number of nitrogens with zero attached hydrogens (tertiary/aromatic N) is 3. The Morgan fingerprint density at radius 2 is 2.24 bits per heavy atom. The van der Waals surface area contributed by atoms with Crippen LogP contribution in [0.3, 0.4) is 0 Å². The van der Waals surface area contributed by atoms with E-state index in [9.17, 15) is 0 Å². The third-order valence-electron chi connectivity index (χ3n) is 2.46. The van der Waals surface area contributed by atoms with E-state index in [1.807, 2.05) is 0 Å². The normalized spacial score (nSPS) is 10.8. The number of anilines is 2.